The molecule has 4 rings (SSSR count). The highest BCUT2D eigenvalue weighted by Crippen LogP contribution is 2.24. The lowest BCUT2D eigenvalue weighted by molar-refractivity contribution is 0.340. The van der Waals surface area contributed by atoms with Crippen molar-refractivity contribution in [2.75, 3.05) is 19.0 Å². The van der Waals surface area contributed by atoms with Crippen LogP contribution in [0.25, 0.3) is 17.2 Å². The van der Waals surface area contributed by atoms with Crippen LogP contribution in [0.2, 0.25) is 0 Å². The molecule has 0 saturated carbocycles. The first kappa shape index (κ1) is 17.8. The molecule has 0 spiro atoms. The van der Waals surface area contributed by atoms with Gasteiger partial charge in [0.05, 0.1) is 13.7 Å². The number of nitrogens with one attached hydrogen (secondary N) is 1. The molecular weight excluding hydrogens is 354 g/mol. The Morgan fingerprint density at radius 1 is 0.964 bits per heavy atom. The molecule has 0 aliphatic rings. The minimum Gasteiger partial charge on any atom is -0.497 e. The fourth-order valence-electron chi connectivity index (χ4n) is 2.89. The summed E-state index contributed by atoms with van der Waals surface area (Å²) < 4.78 is 12.4. The fourth-order valence-corrected chi connectivity index (χ4v) is 2.89. The smallest absolute Gasteiger partial charge is 0.254 e. The maximum atomic E-state index is 5.49. The summed E-state index contributed by atoms with van der Waals surface area (Å²) in [6.07, 6.45) is 0. The largest absolute Gasteiger partial charge is 0.497 e. The second kappa shape index (κ2) is 7.56. The molecular formula is C21H21N5O2. The van der Waals surface area contributed by atoms with Gasteiger partial charge in [0.2, 0.25) is 0 Å². The van der Waals surface area contributed by atoms with Gasteiger partial charge in [0.15, 0.2) is 5.82 Å². The Morgan fingerprint density at radius 2 is 1.68 bits per heavy atom. The van der Waals surface area contributed by atoms with Crippen molar-refractivity contribution in [3.63, 3.8) is 0 Å². The summed E-state index contributed by atoms with van der Waals surface area (Å²) in [4.78, 5) is 9.08. The van der Waals surface area contributed by atoms with E-state index in [4.69, 9.17) is 9.47 Å². The lowest BCUT2D eigenvalue weighted by Crippen LogP contribution is -2.02. The van der Waals surface area contributed by atoms with Gasteiger partial charge in [-0.3, -0.25) is 0 Å². The predicted molar refractivity (Wildman–Crippen MR) is 108 cm³/mol. The standard InChI is InChI=1S/C21H21N5O2/c1-4-28-18-11-7-16(8-12-18)23-19-13-14(2)22-21-24-20(25-26(19)21)15-5-9-17(27-3)10-6-15/h5-13,23H,4H2,1-3H3. The number of ether oxygens (including phenoxy) is 2. The van der Waals surface area contributed by atoms with E-state index in [-0.39, 0.29) is 0 Å². The molecule has 142 valence electrons. The molecule has 0 aliphatic carbocycles. The maximum absolute atomic E-state index is 5.49. The topological polar surface area (TPSA) is 73.6 Å². The number of hydrogen-bond acceptors (Lipinski definition) is 6. The second-order valence-electron chi connectivity index (χ2n) is 6.24. The lowest BCUT2D eigenvalue weighted by atomic mass is 10.2. The summed E-state index contributed by atoms with van der Waals surface area (Å²) in [7, 11) is 1.64. The number of rotatable bonds is 6. The van der Waals surface area contributed by atoms with Crippen molar-refractivity contribution >= 4 is 17.3 Å². The lowest BCUT2D eigenvalue weighted by Gasteiger charge is -2.09. The molecule has 1 N–H and O–H groups in total. The minimum absolute atomic E-state index is 0.541. The first-order valence-electron chi connectivity index (χ1n) is 9.05. The normalized spacial score (nSPS) is 10.8. The van der Waals surface area contributed by atoms with Gasteiger partial charge in [-0.25, -0.2) is 4.98 Å². The van der Waals surface area contributed by atoms with E-state index in [0.29, 0.717) is 18.2 Å². The number of aromatic nitrogens is 4. The van der Waals surface area contributed by atoms with Crippen molar-refractivity contribution in [2.45, 2.75) is 13.8 Å². The Labute approximate surface area is 163 Å². The molecule has 4 aromatic rings. The van der Waals surface area contributed by atoms with Crippen molar-refractivity contribution in [3.8, 4) is 22.9 Å². The molecule has 28 heavy (non-hydrogen) atoms. The molecule has 0 atom stereocenters. The van der Waals surface area contributed by atoms with Crippen molar-refractivity contribution in [1.29, 1.82) is 0 Å². The van der Waals surface area contributed by atoms with Gasteiger partial charge < -0.3 is 14.8 Å². The van der Waals surface area contributed by atoms with Crippen LogP contribution in [-0.2, 0) is 0 Å². The second-order valence-corrected chi connectivity index (χ2v) is 6.24. The Morgan fingerprint density at radius 3 is 2.36 bits per heavy atom. The van der Waals surface area contributed by atoms with E-state index >= 15 is 0 Å². The average Bonchev–Trinajstić information content (AvgIpc) is 3.14. The van der Waals surface area contributed by atoms with Crippen molar-refractivity contribution in [2.24, 2.45) is 0 Å². The van der Waals surface area contributed by atoms with Crippen LogP contribution in [0.3, 0.4) is 0 Å². The molecule has 2 aromatic heterocycles. The molecule has 0 aliphatic heterocycles. The van der Waals surface area contributed by atoms with Gasteiger partial charge in [-0.1, -0.05) is 0 Å². The summed E-state index contributed by atoms with van der Waals surface area (Å²) in [6.45, 7) is 4.54. The number of benzene rings is 2. The van der Waals surface area contributed by atoms with E-state index < -0.39 is 0 Å². The molecule has 0 amide bonds. The maximum Gasteiger partial charge on any atom is 0.254 e. The number of methoxy groups -OCH3 is 1. The van der Waals surface area contributed by atoms with Crippen LogP contribution in [0.15, 0.2) is 54.6 Å². The van der Waals surface area contributed by atoms with Crippen LogP contribution in [0.4, 0.5) is 11.5 Å². The van der Waals surface area contributed by atoms with Crippen LogP contribution in [0.1, 0.15) is 12.6 Å². The number of nitrogens with zero attached hydrogens (tertiary/aromatic N) is 4. The van der Waals surface area contributed by atoms with Gasteiger partial charge in [-0.2, -0.15) is 9.50 Å². The Balaban J connectivity index is 1.68. The van der Waals surface area contributed by atoms with Crippen molar-refractivity contribution in [3.05, 3.63) is 60.3 Å². The van der Waals surface area contributed by atoms with Crippen molar-refractivity contribution in [1.82, 2.24) is 19.6 Å². The van der Waals surface area contributed by atoms with Gasteiger partial charge in [0.1, 0.15) is 17.3 Å². The third kappa shape index (κ3) is 3.59. The fraction of sp³-hybridized carbons (Fsp3) is 0.190. The molecule has 0 bridgehead atoms. The monoisotopic (exact) mass is 375 g/mol. The molecule has 0 saturated heterocycles. The first-order valence-corrected chi connectivity index (χ1v) is 9.05. The Bertz CT molecular complexity index is 1090. The summed E-state index contributed by atoms with van der Waals surface area (Å²) in [5, 5.41) is 8.02. The van der Waals surface area contributed by atoms with Crippen LogP contribution >= 0.6 is 0 Å². The molecule has 2 heterocycles. The zero-order valence-corrected chi connectivity index (χ0v) is 16.0. The molecule has 7 nitrogen and oxygen atoms in total. The quantitative estimate of drug-likeness (QED) is 0.543. The molecule has 2 aromatic carbocycles. The zero-order valence-electron chi connectivity index (χ0n) is 16.0. The van der Waals surface area contributed by atoms with Gasteiger partial charge in [-0.05, 0) is 62.4 Å². The summed E-state index contributed by atoms with van der Waals surface area (Å²) in [5.74, 6) is 3.57. The summed E-state index contributed by atoms with van der Waals surface area (Å²) in [6, 6.07) is 17.4. The van der Waals surface area contributed by atoms with E-state index in [1.54, 1.807) is 11.6 Å². The third-order valence-corrected chi connectivity index (χ3v) is 4.23. The van der Waals surface area contributed by atoms with Crippen LogP contribution in [0.5, 0.6) is 11.5 Å². The number of hydrogen-bond donors (Lipinski definition) is 1. The van der Waals surface area contributed by atoms with Gasteiger partial charge in [0.25, 0.3) is 5.78 Å². The Kier molecular flexibility index (Phi) is 4.80. The Hall–Kier alpha value is -3.61. The van der Waals surface area contributed by atoms with Crippen LogP contribution in [0, 0.1) is 6.92 Å². The highest BCUT2D eigenvalue weighted by molar-refractivity contribution is 5.63. The summed E-state index contributed by atoms with van der Waals surface area (Å²) >= 11 is 0. The van der Waals surface area contributed by atoms with E-state index in [1.807, 2.05) is 68.4 Å². The minimum atomic E-state index is 0.541. The van der Waals surface area contributed by atoms with E-state index in [0.717, 1.165) is 34.3 Å². The van der Waals surface area contributed by atoms with Gasteiger partial charge >= 0.3 is 0 Å². The molecule has 0 fully saturated rings. The summed E-state index contributed by atoms with van der Waals surface area (Å²) in [5.41, 5.74) is 2.68. The SMILES string of the molecule is CCOc1ccc(Nc2cc(C)nc3nc(-c4ccc(OC)cc4)nn23)cc1. The molecule has 0 radical (unpaired) electrons. The van der Waals surface area contributed by atoms with E-state index in [1.165, 1.54) is 0 Å². The number of fused-ring (bicyclic) bond motifs is 1. The van der Waals surface area contributed by atoms with Crippen LogP contribution < -0.4 is 14.8 Å². The van der Waals surface area contributed by atoms with Gasteiger partial charge in [0, 0.05) is 23.0 Å². The number of anilines is 2. The van der Waals surface area contributed by atoms with E-state index in [9.17, 15) is 0 Å². The van der Waals surface area contributed by atoms with Crippen LogP contribution in [-0.4, -0.2) is 33.3 Å². The molecule has 0 unspecified atom stereocenters. The van der Waals surface area contributed by atoms with E-state index in [2.05, 4.69) is 20.4 Å². The highest BCUT2D eigenvalue weighted by Gasteiger charge is 2.12. The number of aryl methyl sites for hydroxylation is 1. The first-order chi connectivity index (χ1) is 13.7. The average molecular weight is 375 g/mol. The van der Waals surface area contributed by atoms with Gasteiger partial charge in [-0.15, -0.1) is 5.10 Å². The van der Waals surface area contributed by atoms with Crippen molar-refractivity contribution < 1.29 is 9.47 Å². The third-order valence-electron chi connectivity index (χ3n) is 4.23. The highest BCUT2D eigenvalue weighted by atomic mass is 16.5. The zero-order chi connectivity index (χ0) is 19.5. The predicted octanol–water partition coefficient (Wildman–Crippen LogP) is 4.25. The molecule has 7 heteroatoms.